The molecule has 0 atom stereocenters. The van der Waals surface area contributed by atoms with Gasteiger partial charge in [0.1, 0.15) is 17.0 Å². The van der Waals surface area contributed by atoms with E-state index in [0.29, 0.717) is 6.29 Å². The van der Waals surface area contributed by atoms with E-state index in [0.717, 1.165) is 12.1 Å². The SMILES string of the molecule is O=Cc1ccc2c(C(F)(F)F)c(OC3CCC(C(F)(F)F)CC3)ccc2n1. The highest BCUT2D eigenvalue weighted by atomic mass is 19.4. The Kier molecular flexibility index (Phi) is 5.05. The number of carbonyl (C=O) groups is 1. The Labute approximate surface area is 150 Å². The highest BCUT2D eigenvalue weighted by Gasteiger charge is 2.42. The first kappa shape index (κ1) is 19.4. The summed E-state index contributed by atoms with van der Waals surface area (Å²) in [4.78, 5) is 14.6. The van der Waals surface area contributed by atoms with Gasteiger partial charge in [-0.1, -0.05) is 0 Å². The lowest BCUT2D eigenvalue weighted by atomic mass is 9.87. The fourth-order valence-corrected chi connectivity index (χ4v) is 3.34. The van der Waals surface area contributed by atoms with Crippen LogP contribution in [0, 0.1) is 5.92 Å². The minimum atomic E-state index is -4.75. The van der Waals surface area contributed by atoms with Gasteiger partial charge >= 0.3 is 12.4 Å². The highest BCUT2D eigenvalue weighted by molar-refractivity contribution is 5.88. The van der Waals surface area contributed by atoms with E-state index < -0.39 is 35.7 Å². The van der Waals surface area contributed by atoms with Crippen LogP contribution in [0.5, 0.6) is 5.75 Å². The molecule has 0 unspecified atom stereocenters. The van der Waals surface area contributed by atoms with E-state index in [2.05, 4.69) is 4.98 Å². The number of nitrogens with zero attached hydrogens (tertiary/aromatic N) is 1. The van der Waals surface area contributed by atoms with Crippen LogP contribution in [-0.2, 0) is 6.18 Å². The normalized spacial score (nSPS) is 21.3. The Morgan fingerprint density at radius 3 is 2.19 bits per heavy atom. The predicted molar refractivity (Wildman–Crippen MR) is 84.6 cm³/mol. The molecule has 1 aromatic carbocycles. The largest absolute Gasteiger partial charge is 0.490 e. The number of halogens is 6. The summed E-state index contributed by atoms with van der Waals surface area (Å²) in [5.74, 6) is -1.88. The van der Waals surface area contributed by atoms with E-state index in [1.165, 1.54) is 12.1 Å². The van der Waals surface area contributed by atoms with Crippen LogP contribution in [0.4, 0.5) is 26.3 Å². The third-order valence-corrected chi connectivity index (χ3v) is 4.69. The number of alkyl halides is 6. The Balaban J connectivity index is 1.90. The van der Waals surface area contributed by atoms with Crippen molar-refractivity contribution in [2.75, 3.05) is 0 Å². The maximum absolute atomic E-state index is 13.6. The molecule has 1 fully saturated rings. The zero-order valence-electron chi connectivity index (χ0n) is 13.9. The second kappa shape index (κ2) is 7.01. The van der Waals surface area contributed by atoms with Crippen molar-refractivity contribution in [3.8, 4) is 5.75 Å². The number of benzene rings is 1. The molecule has 1 heterocycles. The molecule has 0 amide bonds. The van der Waals surface area contributed by atoms with E-state index >= 15 is 0 Å². The molecule has 146 valence electrons. The van der Waals surface area contributed by atoms with Crippen molar-refractivity contribution in [3.63, 3.8) is 0 Å². The molecule has 3 rings (SSSR count). The van der Waals surface area contributed by atoms with E-state index in [9.17, 15) is 31.1 Å². The van der Waals surface area contributed by atoms with Crippen molar-refractivity contribution in [2.24, 2.45) is 5.92 Å². The van der Waals surface area contributed by atoms with Crippen molar-refractivity contribution in [2.45, 2.75) is 44.1 Å². The molecule has 0 aliphatic heterocycles. The van der Waals surface area contributed by atoms with Gasteiger partial charge in [-0.05, 0) is 49.9 Å². The van der Waals surface area contributed by atoms with Crippen LogP contribution in [0.1, 0.15) is 41.7 Å². The molecule has 0 radical (unpaired) electrons. The van der Waals surface area contributed by atoms with Gasteiger partial charge in [-0.15, -0.1) is 0 Å². The number of rotatable bonds is 3. The zero-order valence-corrected chi connectivity index (χ0v) is 13.9. The zero-order chi connectivity index (χ0) is 19.8. The second-order valence-electron chi connectivity index (χ2n) is 6.49. The molecule has 0 N–H and O–H groups in total. The van der Waals surface area contributed by atoms with Crippen LogP contribution in [-0.4, -0.2) is 23.6 Å². The molecular formula is C18H15F6NO2. The maximum atomic E-state index is 13.6. The molecule has 3 nitrogen and oxygen atoms in total. The first-order valence-electron chi connectivity index (χ1n) is 8.29. The van der Waals surface area contributed by atoms with Crippen LogP contribution in [0.3, 0.4) is 0 Å². The van der Waals surface area contributed by atoms with E-state index in [1.807, 2.05) is 0 Å². The Bertz CT molecular complexity index is 838. The molecule has 1 saturated carbocycles. The van der Waals surface area contributed by atoms with E-state index in [1.54, 1.807) is 0 Å². The molecule has 0 saturated heterocycles. The topological polar surface area (TPSA) is 39.2 Å². The van der Waals surface area contributed by atoms with E-state index in [-0.39, 0.29) is 42.3 Å². The van der Waals surface area contributed by atoms with Gasteiger partial charge in [0.25, 0.3) is 0 Å². The third kappa shape index (κ3) is 4.17. The standard InChI is InChI=1S/C18H15F6NO2/c19-17(20,21)10-1-4-12(5-2-10)27-15-8-7-14-13(16(15)18(22,23)24)6-3-11(9-26)25-14/h3,6-10,12H,1-2,4-5H2. The fraction of sp³-hybridized carbons (Fsp3) is 0.444. The monoisotopic (exact) mass is 391 g/mol. The van der Waals surface area contributed by atoms with Crippen LogP contribution in [0.15, 0.2) is 24.3 Å². The summed E-state index contributed by atoms with van der Waals surface area (Å²) < 4.78 is 84.5. The number of pyridine rings is 1. The average Bonchev–Trinajstić information content (AvgIpc) is 2.59. The summed E-state index contributed by atoms with van der Waals surface area (Å²) in [5, 5.41) is -0.227. The molecular weight excluding hydrogens is 376 g/mol. The first-order chi connectivity index (χ1) is 12.6. The number of aldehydes is 1. The fourth-order valence-electron chi connectivity index (χ4n) is 3.34. The summed E-state index contributed by atoms with van der Waals surface area (Å²) in [5.41, 5.74) is -1.06. The number of fused-ring (bicyclic) bond motifs is 1. The Morgan fingerprint density at radius 2 is 1.63 bits per heavy atom. The molecule has 0 bridgehead atoms. The third-order valence-electron chi connectivity index (χ3n) is 4.69. The van der Waals surface area contributed by atoms with E-state index in [4.69, 9.17) is 4.74 Å². The van der Waals surface area contributed by atoms with Crippen molar-refractivity contribution in [3.05, 3.63) is 35.5 Å². The van der Waals surface area contributed by atoms with Crippen LogP contribution >= 0.6 is 0 Å². The van der Waals surface area contributed by atoms with Gasteiger partial charge in [0.2, 0.25) is 0 Å². The Morgan fingerprint density at radius 1 is 0.963 bits per heavy atom. The quantitative estimate of drug-likeness (QED) is 0.508. The van der Waals surface area contributed by atoms with Crippen LogP contribution < -0.4 is 4.74 Å². The van der Waals surface area contributed by atoms with Gasteiger partial charge in [-0.3, -0.25) is 4.79 Å². The van der Waals surface area contributed by atoms with Crippen molar-refractivity contribution in [1.82, 2.24) is 4.98 Å². The number of aromatic nitrogens is 1. The summed E-state index contributed by atoms with van der Waals surface area (Å²) in [6.45, 7) is 0. The molecule has 1 aromatic heterocycles. The number of carbonyl (C=O) groups excluding carboxylic acids is 1. The van der Waals surface area contributed by atoms with Crippen LogP contribution in [0.2, 0.25) is 0 Å². The lowest BCUT2D eigenvalue weighted by molar-refractivity contribution is -0.185. The number of hydrogen-bond donors (Lipinski definition) is 0. The maximum Gasteiger partial charge on any atom is 0.420 e. The van der Waals surface area contributed by atoms with Gasteiger partial charge in [0, 0.05) is 5.39 Å². The van der Waals surface area contributed by atoms with Crippen molar-refractivity contribution < 1.29 is 35.9 Å². The van der Waals surface area contributed by atoms with Crippen molar-refractivity contribution in [1.29, 1.82) is 0 Å². The predicted octanol–water partition coefficient (Wildman–Crippen LogP) is 5.57. The number of ether oxygens (including phenoxy) is 1. The lowest BCUT2D eigenvalue weighted by Crippen LogP contribution is -2.32. The first-order valence-corrected chi connectivity index (χ1v) is 8.29. The summed E-state index contributed by atoms with van der Waals surface area (Å²) >= 11 is 0. The smallest absolute Gasteiger partial charge is 0.420 e. The van der Waals surface area contributed by atoms with Crippen LogP contribution in [0.25, 0.3) is 10.9 Å². The van der Waals surface area contributed by atoms with Gasteiger partial charge in [0.15, 0.2) is 6.29 Å². The number of hydrogen-bond acceptors (Lipinski definition) is 3. The molecule has 27 heavy (non-hydrogen) atoms. The average molecular weight is 391 g/mol. The Hall–Kier alpha value is -2.32. The summed E-state index contributed by atoms with van der Waals surface area (Å²) in [6, 6.07) is 4.71. The molecule has 9 heteroatoms. The highest BCUT2D eigenvalue weighted by Crippen LogP contribution is 2.43. The second-order valence-corrected chi connectivity index (χ2v) is 6.49. The lowest BCUT2D eigenvalue weighted by Gasteiger charge is -2.31. The van der Waals surface area contributed by atoms with Crippen molar-refractivity contribution >= 4 is 17.2 Å². The summed E-state index contributed by atoms with van der Waals surface area (Å²) in [6.07, 6.45) is -9.62. The minimum absolute atomic E-state index is 0.00485. The molecule has 1 aliphatic carbocycles. The molecule has 1 aliphatic rings. The van der Waals surface area contributed by atoms with Gasteiger partial charge in [-0.2, -0.15) is 26.3 Å². The van der Waals surface area contributed by atoms with Gasteiger partial charge in [0.05, 0.1) is 17.5 Å². The molecule has 0 spiro atoms. The summed E-state index contributed by atoms with van der Waals surface area (Å²) in [7, 11) is 0. The molecule has 2 aromatic rings. The minimum Gasteiger partial charge on any atom is -0.490 e. The van der Waals surface area contributed by atoms with Gasteiger partial charge in [-0.25, -0.2) is 4.98 Å². The van der Waals surface area contributed by atoms with Gasteiger partial charge < -0.3 is 4.74 Å².